The molecule has 36 heavy (non-hydrogen) atoms. The number of amides is 2. The van der Waals surface area contributed by atoms with E-state index in [4.69, 9.17) is 18.9 Å². The first-order valence-electron chi connectivity index (χ1n) is 11.6. The van der Waals surface area contributed by atoms with Gasteiger partial charge in [-0.3, -0.25) is 4.79 Å². The van der Waals surface area contributed by atoms with Gasteiger partial charge in [0, 0.05) is 5.57 Å². The van der Waals surface area contributed by atoms with Crippen molar-refractivity contribution in [3.63, 3.8) is 0 Å². The summed E-state index contributed by atoms with van der Waals surface area (Å²) in [5.41, 5.74) is -1.00. The summed E-state index contributed by atoms with van der Waals surface area (Å²) >= 11 is 0. The number of rotatable bonds is 3. The Bertz CT molecular complexity index is 1210. The van der Waals surface area contributed by atoms with E-state index in [1.54, 1.807) is 66.1 Å². The number of ether oxygens (including phenoxy) is 4. The number of anilines is 1. The number of carbonyl (C=O) groups excluding carboxylic acids is 3. The Balaban J connectivity index is 1.79. The molecule has 194 valence electrons. The fraction of sp³-hybridized carbons (Fsp3) is 0.583. The third-order valence-electron chi connectivity index (χ3n) is 5.31. The van der Waals surface area contributed by atoms with Gasteiger partial charge in [-0.1, -0.05) is 0 Å². The zero-order chi connectivity index (χ0) is 26.6. The molecule has 0 N–H and O–H groups in total. The normalized spacial score (nSPS) is 23.2. The van der Waals surface area contributed by atoms with Crippen molar-refractivity contribution in [3.05, 3.63) is 24.2 Å². The summed E-state index contributed by atoms with van der Waals surface area (Å²) in [5.74, 6) is -0.934. The van der Waals surface area contributed by atoms with Crippen LogP contribution in [0.3, 0.4) is 0 Å². The van der Waals surface area contributed by atoms with Crippen LogP contribution in [0.1, 0.15) is 61.4 Å². The highest BCUT2D eigenvalue weighted by Gasteiger charge is 2.51. The van der Waals surface area contributed by atoms with Crippen LogP contribution < -0.4 is 4.90 Å². The summed E-state index contributed by atoms with van der Waals surface area (Å²) in [7, 11) is 0. The lowest BCUT2D eigenvalue weighted by Gasteiger charge is -2.28. The second-order valence-electron chi connectivity index (χ2n) is 11.1. The van der Waals surface area contributed by atoms with Gasteiger partial charge in [-0.2, -0.15) is 10.00 Å². The van der Waals surface area contributed by atoms with Crippen LogP contribution in [0.2, 0.25) is 0 Å². The lowest BCUT2D eigenvalue weighted by atomic mass is 10.1. The quantitative estimate of drug-likeness (QED) is 0.573. The van der Waals surface area contributed by atoms with Crippen molar-refractivity contribution in [2.75, 3.05) is 4.90 Å². The Morgan fingerprint density at radius 1 is 1.06 bits per heavy atom. The zero-order valence-electron chi connectivity index (χ0n) is 21.6. The van der Waals surface area contributed by atoms with Gasteiger partial charge in [-0.05, 0) is 61.5 Å². The van der Waals surface area contributed by atoms with Gasteiger partial charge in [0.1, 0.15) is 42.1 Å². The van der Waals surface area contributed by atoms with Gasteiger partial charge in [-0.15, -0.1) is 0 Å². The predicted molar refractivity (Wildman–Crippen MR) is 127 cm³/mol. The Morgan fingerprint density at radius 3 is 2.22 bits per heavy atom. The number of aromatic nitrogens is 4. The van der Waals surface area contributed by atoms with Gasteiger partial charge >= 0.3 is 12.2 Å². The van der Waals surface area contributed by atoms with E-state index < -0.39 is 47.4 Å². The van der Waals surface area contributed by atoms with Crippen LogP contribution in [0.5, 0.6) is 0 Å². The molecule has 2 aromatic heterocycles. The lowest BCUT2D eigenvalue weighted by molar-refractivity contribution is -0.148. The van der Waals surface area contributed by atoms with E-state index >= 15 is 0 Å². The smallest absolute Gasteiger partial charge is 0.425 e. The molecule has 4 rings (SSSR count). The highest BCUT2D eigenvalue weighted by atomic mass is 16.8. The summed E-state index contributed by atoms with van der Waals surface area (Å²) in [6.07, 6.45) is 2.12. The Labute approximate surface area is 208 Å². The topological polar surface area (TPSA) is 135 Å². The molecule has 1 aliphatic heterocycles. The van der Waals surface area contributed by atoms with E-state index in [1.807, 2.05) is 0 Å². The Hall–Kier alpha value is -3.38. The van der Waals surface area contributed by atoms with Crippen molar-refractivity contribution in [1.82, 2.24) is 19.7 Å². The first-order valence-corrected chi connectivity index (χ1v) is 11.6. The number of hydrogen-bond donors (Lipinski definition) is 0. The molecule has 2 aliphatic rings. The van der Waals surface area contributed by atoms with Gasteiger partial charge in [-0.25, -0.2) is 24.2 Å². The van der Waals surface area contributed by atoms with Gasteiger partial charge in [0.05, 0.1) is 11.6 Å². The Morgan fingerprint density at radius 2 is 1.67 bits per heavy atom. The molecular weight excluding hydrogens is 470 g/mol. The van der Waals surface area contributed by atoms with Crippen LogP contribution in [0.4, 0.5) is 15.4 Å². The number of nitrogens with zero attached hydrogens (tertiary/aromatic N) is 5. The van der Waals surface area contributed by atoms with Crippen molar-refractivity contribution in [1.29, 1.82) is 0 Å². The SMILES string of the molecule is CC(C)(C)OC(=O)N(C(=O)OC(C)(C)C)c1ncnc2c1cnn2[C@@H]1C=C(C=O)[C@H]2OC(C)(C)O[C@H]21. The van der Waals surface area contributed by atoms with Crippen molar-refractivity contribution in [3.8, 4) is 0 Å². The van der Waals surface area contributed by atoms with Gasteiger partial charge in [0.25, 0.3) is 0 Å². The van der Waals surface area contributed by atoms with Gasteiger partial charge < -0.3 is 18.9 Å². The predicted octanol–water partition coefficient (Wildman–Crippen LogP) is 3.70. The molecule has 1 saturated heterocycles. The minimum atomic E-state index is -0.956. The second kappa shape index (κ2) is 8.63. The fourth-order valence-electron chi connectivity index (χ4n) is 4.11. The lowest BCUT2D eigenvalue weighted by Crippen LogP contribution is -2.44. The standard InChI is InChI=1S/C24H31N5O7/c1-22(2,3)35-20(31)28(21(32)36-23(4,5)6)18-14-10-27-29(19(14)26-12-25-18)15-9-13(11-30)16-17(15)34-24(7,8)33-16/h9-12,15-17H,1-8H3/t15-,16-,17+/m1/s1. The molecule has 0 spiro atoms. The number of imide groups is 1. The minimum Gasteiger partial charge on any atom is -0.443 e. The van der Waals surface area contributed by atoms with Crippen LogP contribution in [0.15, 0.2) is 24.2 Å². The molecule has 1 aliphatic carbocycles. The average Bonchev–Trinajstić information content (AvgIpc) is 3.36. The molecule has 0 aromatic carbocycles. The second-order valence-corrected chi connectivity index (χ2v) is 11.1. The van der Waals surface area contributed by atoms with Crippen molar-refractivity contribution >= 4 is 35.3 Å². The summed E-state index contributed by atoms with van der Waals surface area (Å²) in [6.45, 7) is 13.6. The minimum absolute atomic E-state index is 0.0483. The molecule has 2 amide bonds. The van der Waals surface area contributed by atoms with Crippen molar-refractivity contribution < 1.29 is 33.3 Å². The van der Waals surface area contributed by atoms with Crippen LogP contribution in [0, 0.1) is 0 Å². The van der Waals surface area contributed by atoms with E-state index in [2.05, 4.69) is 15.1 Å². The van der Waals surface area contributed by atoms with E-state index in [9.17, 15) is 14.4 Å². The van der Waals surface area contributed by atoms with E-state index in [-0.39, 0.29) is 5.82 Å². The summed E-state index contributed by atoms with van der Waals surface area (Å²) in [4.78, 5) is 47.2. The molecule has 12 nitrogen and oxygen atoms in total. The third kappa shape index (κ3) is 4.96. The van der Waals surface area contributed by atoms with E-state index in [0.717, 1.165) is 11.2 Å². The van der Waals surface area contributed by atoms with E-state index in [0.29, 0.717) is 16.6 Å². The largest absolute Gasteiger partial charge is 0.443 e. The first-order chi connectivity index (χ1) is 16.6. The number of aldehydes is 1. The molecule has 3 heterocycles. The maximum atomic E-state index is 13.1. The highest BCUT2D eigenvalue weighted by molar-refractivity contribution is 6.13. The fourth-order valence-corrected chi connectivity index (χ4v) is 4.11. The maximum absolute atomic E-state index is 13.1. The summed E-state index contributed by atoms with van der Waals surface area (Å²) in [6, 6.07) is -0.520. The zero-order valence-corrected chi connectivity index (χ0v) is 21.6. The Kier molecular flexibility index (Phi) is 6.16. The molecular formula is C24H31N5O7. The first kappa shape index (κ1) is 25.7. The molecule has 0 bridgehead atoms. The highest BCUT2D eigenvalue weighted by Crippen LogP contribution is 2.43. The van der Waals surface area contributed by atoms with Gasteiger partial charge in [0.2, 0.25) is 0 Å². The average molecular weight is 502 g/mol. The van der Waals surface area contributed by atoms with Crippen LogP contribution in [-0.4, -0.2) is 67.4 Å². The van der Waals surface area contributed by atoms with Gasteiger partial charge in [0.15, 0.2) is 17.3 Å². The van der Waals surface area contributed by atoms with Crippen LogP contribution in [0.25, 0.3) is 11.0 Å². The molecule has 1 fully saturated rings. The number of hydrogen-bond acceptors (Lipinski definition) is 10. The molecule has 2 aromatic rings. The van der Waals surface area contributed by atoms with E-state index in [1.165, 1.54) is 12.5 Å². The summed E-state index contributed by atoms with van der Waals surface area (Å²) < 4.78 is 24.5. The molecule has 0 unspecified atom stereocenters. The number of carbonyl (C=O) groups is 3. The molecule has 3 atom stereocenters. The molecule has 12 heteroatoms. The van der Waals surface area contributed by atoms with Crippen LogP contribution in [-0.2, 0) is 23.7 Å². The summed E-state index contributed by atoms with van der Waals surface area (Å²) in [5, 5.41) is 4.76. The van der Waals surface area contributed by atoms with Crippen molar-refractivity contribution in [2.45, 2.75) is 90.6 Å². The maximum Gasteiger partial charge on any atom is 0.425 e. The third-order valence-corrected chi connectivity index (χ3v) is 5.31. The molecule has 0 radical (unpaired) electrons. The van der Waals surface area contributed by atoms with Crippen molar-refractivity contribution in [2.24, 2.45) is 0 Å². The number of fused-ring (bicyclic) bond motifs is 2. The monoisotopic (exact) mass is 501 g/mol. The van der Waals surface area contributed by atoms with Crippen LogP contribution >= 0.6 is 0 Å². The molecule has 0 saturated carbocycles.